The Labute approximate surface area is 135 Å². The fourth-order valence-electron chi connectivity index (χ4n) is 2.00. The molecule has 1 aromatic heterocycles. The quantitative estimate of drug-likeness (QED) is 0.717. The van der Waals surface area contributed by atoms with Crippen molar-refractivity contribution in [2.45, 2.75) is 6.54 Å². The molecule has 0 saturated heterocycles. The van der Waals surface area contributed by atoms with Crippen LogP contribution in [0.2, 0.25) is 5.02 Å². The maximum absolute atomic E-state index is 5.98. The maximum Gasteiger partial charge on any atom is 0.117 e. The Morgan fingerprint density at radius 2 is 1.90 bits per heavy atom. The second-order valence-electron chi connectivity index (χ2n) is 4.47. The fourth-order valence-corrected chi connectivity index (χ4v) is 2.49. The SMILES string of the molecule is Clc1ccc(NCc2n[nH]nc2-c2ccccc2)cc1Br. The van der Waals surface area contributed by atoms with Crippen molar-refractivity contribution in [3.8, 4) is 11.3 Å². The Kier molecular flexibility index (Phi) is 4.22. The van der Waals surface area contributed by atoms with Crippen molar-refractivity contribution >= 4 is 33.2 Å². The molecule has 6 heteroatoms. The minimum atomic E-state index is 0.578. The van der Waals surface area contributed by atoms with E-state index < -0.39 is 0 Å². The molecule has 3 aromatic rings. The summed E-state index contributed by atoms with van der Waals surface area (Å²) in [5.74, 6) is 0. The Balaban J connectivity index is 1.77. The van der Waals surface area contributed by atoms with E-state index in [2.05, 4.69) is 36.7 Å². The molecule has 0 atom stereocenters. The summed E-state index contributed by atoms with van der Waals surface area (Å²) in [7, 11) is 0. The summed E-state index contributed by atoms with van der Waals surface area (Å²) in [5.41, 5.74) is 3.73. The average molecular weight is 364 g/mol. The highest BCUT2D eigenvalue weighted by atomic mass is 79.9. The van der Waals surface area contributed by atoms with Gasteiger partial charge in [-0.3, -0.25) is 0 Å². The summed E-state index contributed by atoms with van der Waals surface area (Å²) in [6, 6.07) is 15.7. The molecule has 0 saturated carbocycles. The van der Waals surface area contributed by atoms with E-state index in [0.29, 0.717) is 11.6 Å². The van der Waals surface area contributed by atoms with Crippen molar-refractivity contribution in [1.82, 2.24) is 15.4 Å². The monoisotopic (exact) mass is 362 g/mol. The summed E-state index contributed by atoms with van der Waals surface area (Å²) >= 11 is 9.39. The lowest BCUT2D eigenvalue weighted by Gasteiger charge is -2.07. The molecular weight excluding hydrogens is 352 g/mol. The molecule has 0 aliphatic rings. The van der Waals surface area contributed by atoms with Crippen LogP contribution in [0.4, 0.5) is 5.69 Å². The highest BCUT2D eigenvalue weighted by Crippen LogP contribution is 2.26. The van der Waals surface area contributed by atoms with Crippen molar-refractivity contribution < 1.29 is 0 Å². The van der Waals surface area contributed by atoms with Gasteiger partial charge in [0.2, 0.25) is 0 Å². The average Bonchev–Trinajstić information content (AvgIpc) is 2.98. The fraction of sp³-hybridized carbons (Fsp3) is 0.0667. The molecule has 106 valence electrons. The molecule has 0 bridgehead atoms. The van der Waals surface area contributed by atoms with E-state index >= 15 is 0 Å². The van der Waals surface area contributed by atoms with Crippen molar-refractivity contribution in [2.75, 3.05) is 5.32 Å². The molecule has 4 nitrogen and oxygen atoms in total. The van der Waals surface area contributed by atoms with Crippen LogP contribution in [0.25, 0.3) is 11.3 Å². The number of anilines is 1. The van der Waals surface area contributed by atoms with Gasteiger partial charge in [-0.2, -0.15) is 15.4 Å². The molecular formula is C15H12BrClN4. The smallest absolute Gasteiger partial charge is 0.117 e. The normalized spacial score (nSPS) is 10.6. The Hall–Kier alpha value is -1.85. The highest BCUT2D eigenvalue weighted by Gasteiger charge is 2.09. The van der Waals surface area contributed by atoms with Crippen molar-refractivity contribution in [1.29, 1.82) is 0 Å². The van der Waals surface area contributed by atoms with Gasteiger partial charge in [-0.05, 0) is 34.1 Å². The Bertz CT molecular complexity index is 742. The number of aromatic amines is 1. The van der Waals surface area contributed by atoms with Crippen LogP contribution < -0.4 is 5.32 Å². The minimum Gasteiger partial charge on any atom is -0.379 e. The van der Waals surface area contributed by atoms with E-state index in [0.717, 1.165) is 27.1 Å². The zero-order valence-corrected chi connectivity index (χ0v) is 13.3. The molecule has 3 rings (SSSR count). The lowest BCUT2D eigenvalue weighted by molar-refractivity contribution is 0.911. The molecule has 0 unspecified atom stereocenters. The number of aromatic nitrogens is 3. The van der Waals surface area contributed by atoms with Gasteiger partial charge in [-0.1, -0.05) is 41.9 Å². The van der Waals surface area contributed by atoms with Gasteiger partial charge in [0.1, 0.15) is 11.4 Å². The standard InChI is InChI=1S/C15H12BrClN4/c16-12-8-11(6-7-13(12)17)18-9-14-15(20-21-19-14)10-4-2-1-3-5-10/h1-8,18H,9H2,(H,19,20,21). The molecule has 0 spiro atoms. The first-order valence-electron chi connectivity index (χ1n) is 6.38. The van der Waals surface area contributed by atoms with Gasteiger partial charge in [-0.15, -0.1) is 0 Å². The first-order chi connectivity index (χ1) is 10.2. The van der Waals surface area contributed by atoms with Gasteiger partial charge >= 0.3 is 0 Å². The first-order valence-corrected chi connectivity index (χ1v) is 7.55. The lowest BCUT2D eigenvalue weighted by atomic mass is 10.1. The number of hydrogen-bond acceptors (Lipinski definition) is 3. The van der Waals surface area contributed by atoms with Gasteiger partial charge in [0, 0.05) is 15.7 Å². The summed E-state index contributed by atoms with van der Waals surface area (Å²) in [4.78, 5) is 0. The van der Waals surface area contributed by atoms with E-state index in [1.807, 2.05) is 48.5 Å². The van der Waals surface area contributed by atoms with Gasteiger partial charge in [-0.25, -0.2) is 0 Å². The van der Waals surface area contributed by atoms with Crippen LogP contribution in [0.15, 0.2) is 53.0 Å². The molecule has 2 N–H and O–H groups in total. The third-order valence-electron chi connectivity index (χ3n) is 3.05. The van der Waals surface area contributed by atoms with Gasteiger partial charge in [0.15, 0.2) is 0 Å². The molecule has 0 radical (unpaired) electrons. The van der Waals surface area contributed by atoms with E-state index in [4.69, 9.17) is 11.6 Å². The number of nitrogens with one attached hydrogen (secondary N) is 2. The lowest BCUT2D eigenvalue weighted by Crippen LogP contribution is -2.01. The van der Waals surface area contributed by atoms with Gasteiger partial charge < -0.3 is 5.32 Å². The van der Waals surface area contributed by atoms with E-state index in [1.54, 1.807) is 0 Å². The predicted octanol–water partition coefficient (Wildman–Crippen LogP) is 4.50. The minimum absolute atomic E-state index is 0.578. The molecule has 0 amide bonds. The molecule has 0 fully saturated rings. The largest absolute Gasteiger partial charge is 0.379 e. The first kappa shape index (κ1) is 14.1. The summed E-state index contributed by atoms with van der Waals surface area (Å²) in [6.45, 7) is 0.578. The van der Waals surface area contributed by atoms with Crippen molar-refractivity contribution in [3.63, 3.8) is 0 Å². The number of H-pyrrole nitrogens is 1. The predicted molar refractivity (Wildman–Crippen MR) is 88.3 cm³/mol. The number of hydrogen-bond donors (Lipinski definition) is 2. The Morgan fingerprint density at radius 1 is 1.10 bits per heavy atom. The van der Waals surface area contributed by atoms with Crippen molar-refractivity contribution in [2.24, 2.45) is 0 Å². The van der Waals surface area contributed by atoms with Crippen LogP contribution in [-0.2, 0) is 6.54 Å². The van der Waals surface area contributed by atoms with Crippen LogP contribution in [0.5, 0.6) is 0 Å². The second-order valence-corrected chi connectivity index (χ2v) is 5.73. The zero-order valence-electron chi connectivity index (χ0n) is 11.0. The highest BCUT2D eigenvalue weighted by molar-refractivity contribution is 9.10. The summed E-state index contributed by atoms with van der Waals surface area (Å²) in [6.07, 6.45) is 0. The molecule has 2 aromatic carbocycles. The summed E-state index contributed by atoms with van der Waals surface area (Å²) < 4.78 is 0.859. The summed E-state index contributed by atoms with van der Waals surface area (Å²) in [5, 5.41) is 15.1. The van der Waals surface area contributed by atoms with Crippen LogP contribution in [0, 0.1) is 0 Å². The Morgan fingerprint density at radius 3 is 2.67 bits per heavy atom. The number of benzene rings is 2. The van der Waals surface area contributed by atoms with Crippen molar-refractivity contribution in [3.05, 3.63) is 63.7 Å². The number of rotatable bonds is 4. The molecule has 21 heavy (non-hydrogen) atoms. The van der Waals surface area contributed by atoms with E-state index in [9.17, 15) is 0 Å². The topological polar surface area (TPSA) is 53.6 Å². The van der Waals surface area contributed by atoms with Gasteiger partial charge in [0.25, 0.3) is 0 Å². The van der Waals surface area contributed by atoms with Crippen LogP contribution in [-0.4, -0.2) is 15.4 Å². The van der Waals surface area contributed by atoms with E-state index in [1.165, 1.54) is 0 Å². The third-order valence-corrected chi connectivity index (χ3v) is 4.26. The molecule has 0 aliphatic carbocycles. The van der Waals surface area contributed by atoms with Gasteiger partial charge in [0.05, 0.1) is 11.6 Å². The third kappa shape index (κ3) is 3.25. The van der Waals surface area contributed by atoms with Crippen LogP contribution in [0.1, 0.15) is 5.69 Å². The number of halogens is 2. The number of nitrogens with zero attached hydrogens (tertiary/aromatic N) is 2. The van der Waals surface area contributed by atoms with E-state index in [-0.39, 0.29) is 0 Å². The molecule has 0 aliphatic heterocycles. The zero-order chi connectivity index (χ0) is 14.7. The molecule has 1 heterocycles. The second kappa shape index (κ2) is 6.28. The maximum atomic E-state index is 5.98. The van der Waals surface area contributed by atoms with Crippen LogP contribution in [0.3, 0.4) is 0 Å². The van der Waals surface area contributed by atoms with Crippen LogP contribution >= 0.6 is 27.5 Å².